The molecule has 1 fully saturated rings. The van der Waals surface area contributed by atoms with Gasteiger partial charge in [-0.25, -0.2) is 19.2 Å². The van der Waals surface area contributed by atoms with E-state index < -0.39 is 30.0 Å². The maximum absolute atomic E-state index is 14.0. The van der Waals surface area contributed by atoms with Crippen LogP contribution in [0.1, 0.15) is 36.8 Å². The second kappa shape index (κ2) is 8.70. The van der Waals surface area contributed by atoms with Crippen molar-refractivity contribution in [3.8, 4) is 5.69 Å². The summed E-state index contributed by atoms with van der Waals surface area (Å²) in [6.45, 7) is 3.14. The lowest BCUT2D eigenvalue weighted by Gasteiger charge is -2.23. The minimum absolute atomic E-state index is 0.0654. The van der Waals surface area contributed by atoms with Crippen molar-refractivity contribution in [2.45, 2.75) is 48.9 Å². The quantitative estimate of drug-likeness (QED) is 0.478. The van der Waals surface area contributed by atoms with Crippen LogP contribution in [-0.2, 0) is 16.7 Å². The zero-order valence-electron chi connectivity index (χ0n) is 18.6. The number of nitrogens with one attached hydrogen (secondary N) is 1. The van der Waals surface area contributed by atoms with Gasteiger partial charge in [-0.1, -0.05) is 0 Å². The maximum Gasteiger partial charge on any atom is 0.416 e. The Hall–Kier alpha value is -3.35. The van der Waals surface area contributed by atoms with E-state index in [-0.39, 0.29) is 24.4 Å². The van der Waals surface area contributed by atoms with Gasteiger partial charge in [0.15, 0.2) is 0 Å². The molecular weight excluding hydrogens is 488 g/mol. The van der Waals surface area contributed by atoms with Crippen LogP contribution in [-0.4, -0.2) is 44.4 Å². The summed E-state index contributed by atoms with van der Waals surface area (Å²) in [5.41, 5.74) is 1.47. The highest BCUT2D eigenvalue weighted by molar-refractivity contribution is 7.98. The summed E-state index contributed by atoms with van der Waals surface area (Å²) < 4.78 is 60.0. The standard InChI is InChI=1S/C22H20F4N6O2S/c1-11(23)15-8-34-21(33)32(15)18-5-6-27-20(30-18)29-12(2)19-16-9-35-17-7-13(22(24,25)26)3-4-14(17)31(16)10-28-19/h3-7,10-12,15H,8-9H2,1-2H3,(H,27,29,30)/t11?,12?,15-/m1/s1. The third kappa shape index (κ3) is 4.28. The number of anilines is 2. The van der Waals surface area contributed by atoms with E-state index in [0.717, 1.165) is 17.8 Å². The molecule has 0 radical (unpaired) electrons. The first-order chi connectivity index (χ1) is 16.6. The molecular formula is C22H20F4N6O2S. The molecule has 35 heavy (non-hydrogen) atoms. The lowest BCUT2D eigenvalue weighted by Crippen LogP contribution is -2.39. The largest absolute Gasteiger partial charge is 0.447 e. The van der Waals surface area contributed by atoms with Crippen molar-refractivity contribution < 1.29 is 27.1 Å². The van der Waals surface area contributed by atoms with Gasteiger partial charge in [-0.15, -0.1) is 11.8 Å². The van der Waals surface area contributed by atoms with E-state index in [1.807, 2.05) is 6.92 Å². The van der Waals surface area contributed by atoms with Crippen LogP contribution in [0.15, 0.2) is 41.7 Å². The Balaban J connectivity index is 1.38. The summed E-state index contributed by atoms with van der Waals surface area (Å²) in [6, 6.07) is 4.01. The average Bonchev–Trinajstić information content (AvgIpc) is 3.42. The number of benzene rings is 1. The van der Waals surface area contributed by atoms with E-state index in [1.54, 1.807) is 10.9 Å². The molecule has 5 rings (SSSR count). The summed E-state index contributed by atoms with van der Waals surface area (Å²) in [6.07, 6.45) is -3.35. The fourth-order valence-electron chi connectivity index (χ4n) is 4.10. The molecule has 0 bridgehead atoms. The third-order valence-corrected chi connectivity index (χ3v) is 6.95. The van der Waals surface area contributed by atoms with Crippen molar-refractivity contribution >= 4 is 29.6 Å². The number of alkyl halides is 4. The Labute approximate surface area is 201 Å². The number of hydrogen-bond acceptors (Lipinski definition) is 7. The van der Waals surface area contributed by atoms with Crippen LogP contribution < -0.4 is 10.2 Å². The summed E-state index contributed by atoms with van der Waals surface area (Å²) >= 11 is 1.31. The SMILES string of the molecule is CC(Nc1nccc(N2C(=O)OC[C@@H]2C(C)F)n1)c1ncn2c1CSc1cc(C(F)(F)F)ccc1-2. The predicted octanol–water partition coefficient (Wildman–Crippen LogP) is 5.14. The molecule has 2 aromatic heterocycles. The zero-order chi connectivity index (χ0) is 24.9. The Kier molecular flexibility index (Phi) is 5.82. The van der Waals surface area contributed by atoms with E-state index in [4.69, 9.17) is 4.74 Å². The molecule has 0 aliphatic carbocycles. The van der Waals surface area contributed by atoms with Crippen molar-refractivity contribution in [3.05, 3.63) is 53.7 Å². The highest BCUT2D eigenvalue weighted by Crippen LogP contribution is 2.41. The normalized spacial score (nSPS) is 19.1. The summed E-state index contributed by atoms with van der Waals surface area (Å²) in [5, 5.41) is 3.14. The third-order valence-electron chi connectivity index (χ3n) is 5.89. The smallest absolute Gasteiger partial charge is 0.416 e. The second-order valence-corrected chi connectivity index (χ2v) is 9.23. The Bertz CT molecular complexity index is 1280. The van der Waals surface area contributed by atoms with E-state index in [0.29, 0.717) is 22.0 Å². The summed E-state index contributed by atoms with van der Waals surface area (Å²) in [5.74, 6) is 0.857. The van der Waals surface area contributed by atoms with E-state index in [2.05, 4.69) is 20.3 Å². The fraction of sp³-hybridized carbons (Fsp3) is 0.364. The number of fused-ring (bicyclic) bond motifs is 3. The number of carbonyl (C=O) groups is 1. The van der Waals surface area contributed by atoms with Crippen LogP contribution in [0.25, 0.3) is 5.69 Å². The number of ether oxygens (including phenoxy) is 1. The zero-order valence-corrected chi connectivity index (χ0v) is 19.4. The topological polar surface area (TPSA) is 85.2 Å². The minimum atomic E-state index is -4.41. The molecule has 1 N–H and O–H groups in total. The summed E-state index contributed by atoms with van der Waals surface area (Å²) in [7, 11) is 0. The second-order valence-electron chi connectivity index (χ2n) is 8.21. The number of rotatable bonds is 5. The van der Waals surface area contributed by atoms with Crippen molar-refractivity contribution in [3.63, 3.8) is 0 Å². The van der Waals surface area contributed by atoms with Crippen LogP contribution in [0.3, 0.4) is 0 Å². The average molecular weight is 509 g/mol. The van der Waals surface area contributed by atoms with Gasteiger partial charge >= 0.3 is 12.3 Å². The van der Waals surface area contributed by atoms with Crippen molar-refractivity contribution in [1.82, 2.24) is 19.5 Å². The Morgan fingerprint density at radius 3 is 2.77 bits per heavy atom. The molecule has 1 aromatic carbocycles. The molecule has 184 valence electrons. The number of cyclic esters (lactones) is 1. The van der Waals surface area contributed by atoms with Crippen molar-refractivity contribution in [1.29, 1.82) is 0 Å². The van der Waals surface area contributed by atoms with Crippen molar-refractivity contribution in [2.75, 3.05) is 16.8 Å². The molecule has 1 saturated heterocycles. The minimum Gasteiger partial charge on any atom is -0.447 e. The number of hydrogen-bond donors (Lipinski definition) is 1. The van der Waals surface area contributed by atoms with Gasteiger partial charge in [0.1, 0.15) is 24.6 Å². The lowest BCUT2D eigenvalue weighted by molar-refractivity contribution is -0.137. The highest BCUT2D eigenvalue weighted by atomic mass is 32.2. The van der Waals surface area contributed by atoms with Crippen molar-refractivity contribution in [2.24, 2.45) is 0 Å². The van der Waals surface area contributed by atoms with Gasteiger partial charge in [0.25, 0.3) is 0 Å². The highest BCUT2D eigenvalue weighted by Gasteiger charge is 2.39. The van der Waals surface area contributed by atoms with E-state index in [9.17, 15) is 22.4 Å². The van der Waals surface area contributed by atoms with Gasteiger partial charge in [0.2, 0.25) is 5.95 Å². The lowest BCUT2D eigenvalue weighted by atomic mass is 10.1. The van der Waals surface area contributed by atoms with Gasteiger partial charge in [0.05, 0.1) is 35.0 Å². The number of aromatic nitrogens is 4. The molecule has 8 nitrogen and oxygen atoms in total. The maximum atomic E-state index is 14.0. The van der Waals surface area contributed by atoms with Gasteiger partial charge in [-0.2, -0.15) is 18.2 Å². The first-order valence-electron chi connectivity index (χ1n) is 10.7. The summed E-state index contributed by atoms with van der Waals surface area (Å²) in [4.78, 5) is 26.9. The van der Waals surface area contributed by atoms with E-state index >= 15 is 0 Å². The number of carbonyl (C=O) groups excluding carboxylic acids is 1. The molecule has 3 atom stereocenters. The molecule has 3 aromatic rings. The number of thioether (sulfide) groups is 1. The first kappa shape index (κ1) is 23.4. The molecule has 0 saturated carbocycles. The van der Waals surface area contributed by atoms with E-state index in [1.165, 1.54) is 41.9 Å². The van der Waals surface area contributed by atoms with Crippen LogP contribution in [0.5, 0.6) is 0 Å². The molecule has 0 spiro atoms. The van der Waals surface area contributed by atoms with Crippen LogP contribution >= 0.6 is 11.8 Å². The van der Waals surface area contributed by atoms with Crippen LogP contribution in [0.2, 0.25) is 0 Å². The van der Waals surface area contributed by atoms with Crippen LogP contribution in [0.4, 0.5) is 34.1 Å². The van der Waals surface area contributed by atoms with Gasteiger partial charge in [0, 0.05) is 16.8 Å². The molecule has 2 aliphatic heterocycles. The van der Waals surface area contributed by atoms with Crippen LogP contribution in [0, 0.1) is 0 Å². The van der Waals surface area contributed by atoms with Gasteiger partial charge in [-0.05, 0) is 38.1 Å². The fourth-order valence-corrected chi connectivity index (χ4v) is 5.21. The monoisotopic (exact) mass is 508 g/mol. The Morgan fingerprint density at radius 2 is 2.03 bits per heavy atom. The number of amides is 1. The van der Waals surface area contributed by atoms with Gasteiger partial charge < -0.3 is 14.6 Å². The molecule has 4 heterocycles. The molecule has 13 heteroatoms. The number of halogens is 4. The predicted molar refractivity (Wildman–Crippen MR) is 120 cm³/mol. The molecule has 2 unspecified atom stereocenters. The molecule has 1 amide bonds. The molecule has 2 aliphatic rings. The number of imidazole rings is 1. The van der Waals surface area contributed by atoms with Gasteiger partial charge in [-0.3, -0.25) is 4.90 Å². The Morgan fingerprint density at radius 1 is 1.23 bits per heavy atom. The first-order valence-corrected chi connectivity index (χ1v) is 11.7. The number of nitrogens with zero attached hydrogens (tertiary/aromatic N) is 5.